The Balaban J connectivity index is 2.61. The van der Waals surface area contributed by atoms with Crippen LogP contribution < -0.4 is 0 Å². The largest absolute Gasteiger partial charge is 0.252 e. The van der Waals surface area contributed by atoms with Crippen molar-refractivity contribution in [3.05, 3.63) is 40.3 Å². The fraction of sp³-hybridized carbons (Fsp3) is 0. The van der Waals surface area contributed by atoms with Gasteiger partial charge < -0.3 is 0 Å². The highest BCUT2D eigenvalue weighted by molar-refractivity contribution is 9.10. The minimum atomic E-state index is 0.460. The average Bonchev–Trinajstić information content (AvgIpc) is 2.31. The van der Waals surface area contributed by atoms with Gasteiger partial charge in [-0.25, -0.2) is 4.98 Å². The van der Waals surface area contributed by atoms with Crippen LogP contribution in [0.5, 0.6) is 0 Å². The molecule has 2 heterocycles. The van der Waals surface area contributed by atoms with E-state index in [4.69, 9.17) is 11.6 Å². The standard InChI is InChI=1S/C11H5BrClN3/c12-8-3-6-5-16-9(13)4-7(6)10-11(8)15-2-1-14-10/h1-5H. The van der Waals surface area contributed by atoms with Crippen molar-refractivity contribution in [2.45, 2.75) is 0 Å². The number of halogens is 2. The molecule has 5 heteroatoms. The zero-order valence-electron chi connectivity index (χ0n) is 7.98. The summed E-state index contributed by atoms with van der Waals surface area (Å²) in [5.74, 6) is 0. The zero-order chi connectivity index (χ0) is 11.1. The molecule has 0 saturated carbocycles. The second-order valence-corrected chi connectivity index (χ2v) is 4.58. The first kappa shape index (κ1) is 9.93. The molecule has 0 N–H and O–H groups in total. The van der Waals surface area contributed by atoms with Crippen molar-refractivity contribution in [2.75, 3.05) is 0 Å². The molecule has 78 valence electrons. The molecule has 0 saturated heterocycles. The van der Waals surface area contributed by atoms with Crippen LogP contribution in [0.4, 0.5) is 0 Å². The maximum atomic E-state index is 5.89. The van der Waals surface area contributed by atoms with Gasteiger partial charge in [0, 0.05) is 33.8 Å². The number of hydrogen-bond donors (Lipinski definition) is 0. The van der Waals surface area contributed by atoms with Crippen molar-refractivity contribution >= 4 is 49.3 Å². The number of pyridine rings is 1. The lowest BCUT2D eigenvalue weighted by molar-refractivity contribution is 1.29. The second kappa shape index (κ2) is 3.64. The van der Waals surface area contributed by atoms with Crippen molar-refractivity contribution < 1.29 is 0 Å². The summed E-state index contributed by atoms with van der Waals surface area (Å²) in [6.07, 6.45) is 5.07. The van der Waals surface area contributed by atoms with E-state index in [-0.39, 0.29) is 0 Å². The van der Waals surface area contributed by atoms with E-state index in [1.54, 1.807) is 24.7 Å². The lowest BCUT2D eigenvalue weighted by Gasteiger charge is -2.04. The highest BCUT2D eigenvalue weighted by Crippen LogP contribution is 2.29. The predicted octanol–water partition coefficient (Wildman–Crippen LogP) is 3.59. The Hall–Kier alpha value is -1.26. The highest BCUT2D eigenvalue weighted by Gasteiger charge is 2.07. The van der Waals surface area contributed by atoms with Crippen LogP contribution in [0, 0.1) is 0 Å². The van der Waals surface area contributed by atoms with Crippen LogP contribution in [-0.4, -0.2) is 15.0 Å². The summed E-state index contributed by atoms with van der Waals surface area (Å²) >= 11 is 9.36. The third kappa shape index (κ3) is 1.45. The number of fused-ring (bicyclic) bond motifs is 3. The molecule has 0 fully saturated rings. The van der Waals surface area contributed by atoms with Gasteiger partial charge in [0.1, 0.15) is 10.7 Å². The first-order valence-electron chi connectivity index (χ1n) is 4.60. The molecule has 0 spiro atoms. The molecule has 0 amide bonds. The van der Waals surface area contributed by atoms with Crippen molar-refractivity contribution in [1.29, 1.82) is 0 Å². The Morgan fingerprint density at radius 2 is 1.75 bits per heavy atom. The average molecular weight is 295 g/mol. The van der Waals surface area contributed by atoms with E-state index >= 15 is 0 Å². The van der Waals surface area contributed by atoms with Crippen LogP contribution in [-0.2, 0) is 0 Å². The van der Waals surface area contributed by atoms with Crippen LogP contribution in [0.1, 0.15) is 0 Å². The molecule has 0 aliphatic carbocycles. The third-order valence-electron chi connectivity index (χ3n) is 2.36. The maximum Gasteiger partial charge on any atom is 0.129 e. The van der Waals surface area contributed by atoms with E-state index in [2.05, 4.69) is 30.9 Å². The van der Waals surface area contributed by atoms with Crippen LogP contribution >= 0.6 is 27.5 Å². The maximum absolute atomic E-state index is 5.89. The van der Waals surface area contributed by atoms with Crippen molar-refractivity contribution in [2.24, 2.45) is 0 Å². The van der Waals surface area contributed by atoms with Gasteiger partial charge in [-0.2, -0.15) is 0 Å². The normalized spacial score (nSPS) is 11.1. The molecule has 0 atom stereocenters. The SMILES string of the molecule is Clc1cc2c(cn1)cc(Br)c1nccnc12. The first-order valence-corrected chi connectivity index (χ1v) is 5.77. The molecule has 0 aliphatic heterocycles. The second-order valence-electron chi connectivity index (χ2n) is 3.34. The van der Waals surface area contributed by atoms with E-state index in [1.807, 2.05) is 6.07 Å². The fourth-order valence-electron chi connectivity index (χ4n) is 1.68. The summed E-state index contributed by atoms with van der Waals surface area (Å²) in [7, 11) is 0. The summed E-state index contributed by atoms with van der Waals surface area (Å²) in [6, 6.07) is 3.77. The van der Waals surface area contributed by atoms with Gasteiger partial charge in [0.2, 0.25) is 0 Å². The molecule has 1 aromatic carbocycles. The number of hydrogen-bond acceptors (Lipinski definition) is 3. The van der Waals surface area contributed by atoms with Gasteiger partial charge in [-0.3, -0.25) is 9.97 Å². The molecule has 3 aromatic rings. The van der Waals surface area contributed by atoms with Crippen LogP contribution in [0.3, 0.4) is 0 Å². The number of benzene rings is 1. The van der Waals surface area contributed by atoms with Crippen LogP contribution in [0.15, 0.2) is 35.2 Å². The fourth-order valence-corrected chi connectivity index (χ4v) is 2.37. The number of nitrogens with zero attached hydrogens (tertiary/aromatic N) is 3. The Bertz CT molecular complexity index is 699. The minimum absolute atomic E-state index is 0.460. The van der Waals surface area contributed by atoms with E-state index < -0.39 is 0 Å². The van der Waals surface area contributed by atoms with Crippen molar-refractivity contribution in [3.63, 3.8) is 0 Å². The highest BCUT2D eigenvalue weighted by atomic mass is 79.9. The molecule has 3 rings (SSSR count). The summed E-state index contributed by atoms with van der Waals surface area (Å²) in [5, 5.41) is 2.41. The van der Waals surface area contributed by atoms with E-state index in [1.165, 1.54) is 0 Å². The Morgan fingerprint density at radius 3 is 2.56 bits per heavy atom. The number of aromatic nitrogens is 3. The Labute approximate surface area is 105 Å². The van der Waals surface area contributed by atoms with E-state index in [0.29, 0.717) is 5.15 Å². The molecule has 0 unspecified atom stereocenters. The molecular weight excluding hydrogens is 289 g/mol. The quantitative estimate of drug-likeness (QED) is 0.470. The minimum Gasteiger partial charge on any atom is -0.252 e. The molecule has 0 aliphatic rings. The molecular formula is C11H5BrClN3. The molecule has 0 bridgehead atoms. The first-order chi connectivity index (χ1) is 7.75. The van der Waals surface area contributed by atoms with Gasteiger partial charge in [0.25, 0.3) is 0 Å². The van der Waals surface area contributed by atoms with Gasteiger partial charge in [-0.05, 0) is 28.1 Å². The zero-order valence-corrected chi connectivity index (χ0v) is 10.3. The summed E-state index contributed by atoms with van der Waals surface area (Å²) in [4.78, 5) is 12.7. The molecule has 16 heavy (non-hydrogen) atoms. The van der Waals surface area contributed by atoms with Crippen LogP contribution in [0.25, 0.3) is 21.8 Å². The van der Waals surface area contributed by atoms with Gasteiger partial charge in [0.05, 0.1) is 5.52 Å². The summed E-state index contributed by atoms with van der Waals surface area (Å²) in [6.45, 7) is 0. The molecule has 2 aromatic heterocycles. The lowest BCUT2D eigenvalue weighted by atomic mass is 10.1. The van der Waals surface area contributed by atoms with Gasteiger partial charge in [0.15, 0.2) is 0 Å². The predicted molar refractivity (Wildman–Crippen MR) is 67.5 cm³/mol. The summed E-state index contributed by atoms with van der Waals surface area (Å²) in [5.41, 5.74) is 1.66. The molecule has 3 nitrogen and oxygen atoms in total. The van der Waals surface area contributed by atoms with E-state index in [9.17, 15) is 0 Å². The number of rotatable bonds is 0. The Morgan fingerprint density at radius 1 is 1.00 bits per heavy atom. The topological polar surface area (TPSA) is 38.7 Å². The van der Waals surface area contributed by atoms with Gasteiger partial charge in [-0.15, -0.1) is 0 Å². The third-order valence-corrected chi connectivity index (χ3v) is 3.17. The van der Waals surface area contributed by atoms with Crippen molar-refractivity contribution in [3.8, 4) is 0 Å². The van der Waals surface area contributed by atoms with Crippen molar-refractivity contribution in [1.82, 2.24) is 15.0 Å². The monoisotopic (exact) mass is 293 g/mol. The Kier molecular flexibility index (Phi) is 2.26. The summed E-state index contributed by atoms with van der Waals surface area (Å²) < 4.78 is 0.909. The van der Waals surface area contributed by atoms with Gasteiger partial charge in [-0.1, -0.05) is 11.6 Å². The lowest BCUT2D eigenvalue weighted by Crippen LogP contribution is -1.87. The van der Waals surface area contributed by atoms with E-state index in [0.717, 1.165) is 26.3 Å². The molecule has 0 radical (unpaired) electrons. The van der Waals surface area contributed by atoms with Crippen LogP contribution in [0.2, 0.25) is 5.15 Å². The smallest absolute Gasteiger partial charge is 0.129 e. The van der Waals surface area contributed by atoms with Gasteiger partial charge >= 0.3 is 0 Å².